The fraction of sp³-hybridized carbons (Fsp3) is 0.750. The fourth-order valence-corrected chi connectivity index (χ4v) is 5.52. The van der Waals surface area contributed by atoms with Gasteiger partial charge in [0.15, 0.2) is 5.78 Å². The number of aliphatic hydroxyl groups is 1. The van der Waals surface area contributed by atoms with Crippen molar-refractivity contribution in [2.24, 2.45) is 22.7 Å². The van der Waals surface area contributed by atoms with Gasteiger partial charge in [0.25, 0.3) is 0 Å². The van der Waals surface area contributed by atoms with Crippen molar-refractivity contribution in [1.82, 2.24) is 0 Å². The smallest absolute Gasteiger partial charge is 0.311 e. The molecule has 2 fully saturated rings. The molecule has 0 aromatic carbocycles. The summed E-state index contributed by atoms with van der Waals surface area (Å²) in [4.78, 5) is 37.8. The van der Waals surface area contributed by atoms with Gasteiger partial charge in [-0.15, -0.1) is 0 Å². The Hall–Kier alpha value is -1.49. The summed E-state index contributed by atoms with van der Waals surface area (Å²) in [5.74, 6) is -0.837. The van der Waals surface area contributed by atoms with Crippen molar-refractivity contribution in [2.75, 3.05) is 7.11 Å². The van der Waals surface area contributed by atoms with E-state index in [0.717, 1.165) is 18.4 Å². The molecule has 0 spiro atoms. The molecule has 0 radical (unpaired) electrons. The van der Waals surface area contributed by atoms with Gasteiger partial charge < -0.3 is 9.84 Å². The van der Waals surface area contributed by atoms with E-state index in [0.29, 0.717) is 25.7 Å². The molecule has 3 aliphatic carbocycles. The number of Topliss-reactive ketones (excluding diaryl/α,β-unsaturated/α-hetero) is 1. The Labute approximate surface area is 148 Å². The number of allylic oxidation sites excluding steroid dienone is 1. The molecule has 1 N–H and O–H groups in total. The summed E-state index contributed by atoms with van der Waals surface area (Å²) >= 11 is 0. The van der Waals surface area contributed by atoms with E-state index < -0.39 is 22.9 Å². The Morgan fingerprint density at radius 1 is 1.20 bits per heavy atom. The number of fused-ring (bicyclic) bond motifs is 3. The highest BCUT2D eigenvalue weighted by atomic mass is 16.5. The number of carbonyl (C=O) groups excluding carboxylic acids is 3. The second-order valence-corrected chi connectivity index (χ2v) is 8.41. The van der Waals surface area contributed by atoms with E-state index in [2.05, 4.69) is 0 Å². The average Bonchev–Trinajstić information content (AvgIpc) is 2.83. The first-order chi connectivity index (χ1) is 11.7. The normalized spacial score (nSPS) is 41.8. The standard InChI is InChI=1S/C20H28O5/c1-19-9-4-10-20(2,18(24)25-3)15(19)7-5-12-11-14(21)13(17(12)23)6-8-16(19)22/h11,13,15,17,23H,4-10H2,1-3H3. The Bertz CT molecular complexity index is 636. The van der Waals surface area contributed by atoms with Crippen molar-refractivity contribution in [2.45, 2.75) is 64.9 Å². The van der Waals surface area contributed by atoms with Crippen LogP contribution in [0, 0.1) is 22.7 Å². The number of rotatable bonds is 1. The summed E-state index contributed by atoms with van der Waals surface area (Å²) in [5, 5.41) is 10.4. The van der Waals surface area contributed by atoms with Crippen LogP contribution in [0.2, 0.25) is 0 Å². The lowest BCUT2D eigenvalue weighted by Crippen LogP contribution is -2.52. The van der Waals surface area contributed by atoms with Crippen LogP contribution in [0.25, 0.3) is 0 Å². The summed E-state index contributed by atoms with van der Waals surface area (Å²) in [5.41, 5.74) is -0.527. The van der Waals surface area contributed by atoms with Gasteiger partial charge in [-0.3, -0.25) is 14.4 Å². The van der Waals surface area contributed by atoms with Crippen LogP contribution < -0.4 is 0 Å². The molecule has 5 nitrogen and oxygen atoms in total. The van der Waals surface area contributed by atoms with Crippen LogP contribution >= 0.6 is 0 Å². The Morgan fingerprint density at radius 2 is 1.92 bits per heavy atom. The first-order valence-corrected chi connectivity index (χ1v) is 9.28. The van der Waals surface area contributed by atoms with Gasteiger partial charge in [-0.1, -0.05) is 13.3 Å². The molecule has 5 unspecified atom stereocenters. The van der Waals surface area contributed by atoms with E-state index in [-0.39, 0.29) is 29.9 Å². The van der Waals surface area contributed by atoms with Crippen molar-refractivity contribution < 1.29 is 24.2 Å². The molecule has 5 heteroatoms. The number of ether oxygens (including phenoxy) is 1. The topological polar surface area (TPSA) is 80.7 Å². The van der Waals surface area contributed by atoms with Crippen LogP contribution in [-0.4, -0.2) is 35.9 Å². The third kappa shape index (κ3) is 2.77. The van der Waals surface area contributed by atoms with Crippen LogP contribution in [0.15, 0.2) is 11.6 Å². The van der Waals surface area contributed by atoms with Crippen LogP contribution in [0.3, 0.4) is 0 Å². The molecule has 0 saturated heterocycles. The molecular weight excluding hydrogens is 320 g/mol. The molecular formula is C20H28O5. The number of methoxy groups -OCH3 is 1. The second kappa shape index (κ2) is 6.35. The van der Waals surface area contributed by atoms with Crippen LogP contribution in [0.4, 0.5) is 0 Å². The van der Waals surface area contributed by atoms with Gasteiger partial charge in [0.05, 0.1) is 24.5 Å². The van der Waals surface area contributed by atoms with Crippen molar-refractivity contribution in [3.8, 4) is 0 Å². The number of esters is 1. The zero-order valence-electron chi connectivity index (χ0n) is 15.3. The summed E-state index contributed by atoms with van der Waals surface area (Å²) < 4.78 is 5.08. The van der Waals surface area contributed by atoms with Crippen molar-refractivity contribution in [1.29, 1.82) is 0 Å². The number of hydrogen-bond donors (Lipinski definition) is 1. The number of hydrogen-bond acceptors (Lipinski definition) is 5. The molecule has 5 atom stereocenters. The minimum absolute atomic E-state index is 0.0685. The number of ketones is 2. The summed E-state index contributed by atoms with van der Waals surface area (Å²) in [6.07, 6.45) is 4.88. The van der Waals surface area contributed by atoms with E-state index >= 15 is 0 Å². The third-order valence-corrected chi connectivity index (χ3v) is 7.08. The van der Waals surface area contributed by atoms with Gasteiger partial charge in [0.1, 0.15) is 5.78 Å². The quantitative estimate of drug-likeness (QED) is 0.737. The molecule has 0 heterocycles. The predicted molar refractivity (Wildman–Crippen MR) is 91.6 cm³/mol. The van der Waals surface area contributed by atoms with E-state index in [1.165, 1.54) is 7.11 Å². The van der Waals surface area contributed by atoms with Gasteiger partial charge in [-0.2, -0.15) is 0 Å². The SMILES string of the molecule is COC(=O)C1(C)CCCC2(C)C(=O)CCC3C(=O)C=C(CCC21)C3O. The molecule has 2 bridgehead atoms. The summed E-state index contributed by atoms with van der Waals surface area (Å²) in [7, 11) is 1.40. The summed E-state index contributed by atoms with van der Waals surface area (Å²) in [6, 6.07) is 0. The molecule has 25 heavy (non-hydrogen) atoms. The molecule has 3 aliphatic rings. The first kappa shape index (κ1) is 18.3. The second-order valence-electron chi connectivity index (χ2n) is 8.41. The maximum absolute atomic E-state index is 13.1. The van der Waals surface area contributed by atoms with Crippen molar-refractivity contribution >= 4 is 17.5 Å². The lowest BCUT2D eigenvalue weighted by molar-refractivity contribution is -0.166. The average molecular weight is 348 g/mol. The minimum atomic E-state index is -0.780. The molecule has 0 aromatic rings. The monoisotopic (exact) mass is 348 g/mol. The largest absolute Gasteiger partial charge is 0.469 e. The molecule has 3 rings (SSSR count). The van der Waals surface area contributed by atoms with Gasteiger partial charge in [0, 0.05) is 11.8 Å². The molecule has 0 aliphatic heterocycles. The zero-order chi connectivity index (χ0) is 18.4. The van der Waals surface area contributed by atoms with E-state index in [4.69, 9.17) is 4.74 Å². The van der Waals surface area contributed by atoms with Crippen LogP contribution in [-0.2, 0) is 19.1 Å². The molecule has 2 saturated carbocycles. The lowest BCUT2D eigenvalue weighted by atomic mass is 9.52. The molecule has 0 amide bonds. The van der Waals surface area contributed by atoms with Gasteiger partial charge in [-0.05, 0) is 56.6 Å². The maximum atomic E-state index is 13.1. The maximum Gasteiger partial charge on any atom is 0.311 e. The van der Waals surface area contributed by atoms with Gasteiger partial charge >= 0.3 is 5.97 Å². The zero-order valence-corrected chi connectivity index (χ0v) is 15.3. The van der Waals surface area contributed by atoms with E-state index in [1.54, 1.807) is 6.08 Å². The van der Waals surface area contributed by atoms with E-state index in [9.17, 15) is 19.5 Å². The Balaban J connectivity index is 2.00. The van der Waals surface area contributed by atoms with Crippen molar-refractivity contribution in [3.63, 3.8) is 0 Å². The fourth-order valence-electron chi connectivity index (χ4n) is 5.52. The number of aliphatic hydroxyl groups excluding tert-OH is 1. The molecule has 138 valence electrons. The highest BCUT2D eigenvalue weighted by Gasteiger charge is 2.56. The minimum Gasteiger partial charge on any atom is -0.469 e. The lowest BCUT2D eigenvalue weighted by Gasteiger charge is -2.50. The highest BCUT2D eigenvalue weighted by molar-refractivity contribution is 5.97. The highest BCUT2D eigenvalue weighted by Crippen LogP contribution is 2.55. The number of carbonyl (C=O) groups is 3. The first-order valence-electron chi connectivity index (χ1n) is 9.28. The third-order valence-electron chi connectivity index (χ3n) is 7.08. The Morgan fingerprint density at radius 3 is 2.60 bits per heavy atom. The summed E-state index contributed by atoms with van der Waals surface area (Å²) in [6.45, 7) is 3.89. The van der Waals surface area contributed by atoms with Crippen LogP contribution in [0.1, 0.15) is 58.8 Å². The van der Waals surface area contributed by atoms with Gasteiger partial charge in [-0.25, -0.2) is 0 Å². The van der Waals surface area contributed by atoms with Gasteiger partial charge in [0.2, 0.25) is 0 Å². The Kier molecular flexibility index (Phi) is 4.65. The molecule has 0 aromatic heterocycles. The van der Waals surface area contributed by atoms with Crippen molar-refractivity contribution in [3.05, 3.63) is 11.6 Å². The van der Waals surface area contributed by atoms with E-state index in [1.807, 2.05) is 13.8 Å². The van der Waals surface area contributed by atoms with Crippen LogP contribution in [0.5, 0.6) is 0 Å². The predicted octanol–water partition coefficient (Wildman–Crippen LogP) is 2.60.